The maximum atomic E-state index is 14.4. The average molecular weight is 671 g/mol. The molecule has 0 bridgehead atoms. The minimum atomic E-state index is -4.70. The summed E-state index contributed by atoms with van der Waals surface area (Å²) in [6, 6.07) is 8.86. The molecule has 246 valence electrons. The second-order valence-electron chi connectivity index (χ2n) is 11.4. The smallest absolute Gasteiger partial charge is 0.381 e. The highest BCUT2D eigenvalue weighted by Gasteiger charge is 2.49. The lowest BCUT2D eigenvalue weighted by Crippen LogP contribution is -2.56. The monoisotopic (exact) mass is 670 g/mol. The number of nitriles is 1. The molecule has 3 amide bonds. The summed E-state index contributed by atoms with van der Waals surface area (Å²) in [5.41, 5.74) is -0.696. The van der Waals surface area contributed by atoms with Gasteiger partial charge in [0, 0.05) is 42.6 Å². The second kappa shape index (κ2) is 13.0. The Kier molecular flexibility index (Phi) is 8.99. The number of nitrogens with zero attached hydrogens (tertiary/aromatic N) is 5. The summed E-state index contributed by atoms with van der Waals surface area (Å²) in [6.07, 6.45) is -3.61. The van der Waals surface area contributed by atoms with Crippen LogP contribution in [-0.4, -0.2) is 75.9 Å². The first-order chi connectivity index (χ1) is 22.5. The molecule has 0 radical (unpaired) electrons. The average Bonchev–Trinajstić information content (AvgIpc) is 3.71. The van der Waals surface area contributed by atoms with E-state index in [1.807, 2.05) is 0 Å². The first kappa shape index (κ1) is 32.5. The van der Waals surface area contributed by atoms with E-state index in [0.717, 1.165) is 12.1 Å². The Bertz CT molecular complexity index is 1730. The van der Waals surface area contributed by atoms with Crippen molar-refractivity contribution in [3.8, 4) is 6.07 Å². The van der Waals surface area contributed by atoms with Crippen molar-refractivity contribution in [1.29, 1.82) is 5.26 Å². The molecule has 2 fully saturated rings. The third-order valence-electron chi connectivity index (χ3n) is 8.67. The van der Waals surface area contributed by atoms with E-state index in [2.05, 4.69) is 11.4 Å². The molecule has 4 heterocycles. The van der Waals surface area contributed by atoms with E-state index >= 15 is 0 Å². The van der Waals surface area contributed by atoms with E-state index in [1.54, 1.807) is 11.6 Å². The van der Waals surface area contributed by atoms with Gasteiger partial charge in [0.25, 0.3) is 17.7 Å². The SMILES string of the molecule is CCN1C(=O)[C@@H](NC(=O)c2cccc(C(F)(F)F)c2)[C@@H](c2ccc(F)cc2)c2c(C(=O)N3CSCC3C#N)nn(C3CCOCC3)c21. The molecule has 10 nitrogen and oxygen atoms in total. The Hall–Kier alpha value is -4.42. The number of ether oxygens (including phenoxy) is 1. The van der Waals surface area contributed by atoms with Crippen LogP contribution in [0.4, 0.5) is 23.4 Å². The summed E-state index contributed by atoms with van der Waals surface area (Å²) in [5.74, 6) is -2.71. The highest BCUT2D eigenvalue weighted by molar-refractivity contribution is 7.99. The van der Waals surface area contributed by atoms with Crippen LogP contribution >= 0.6 is 11.8 Å². The Morgan fingerprint density at radius 3 is 2.53 bits per heavy atom. The molecule has 1 unspecified atom stereocenters. The van der Waals surface area contributed by atoms with E-state index in [4.69, 9.17) is 9.84 Å². The van der Waals surface area contributed by atoms with E-state index in [0.29, 0.717) is 54.8 Å². The lowest BCUT2D eigenvalue weighted by atomic mass is 9.80. The van der Waals surface area contributed by atoms with E-state index < -0.39 is 53.3 Å². The molecule has 3 aliphatic rings. The number of carbonyl (C=O) groups excluding carboxylic acids is 3. The van der Waals surface area contributed by atoms with Gasteiger partial charge in [-0.15, -0.1) is 11.8 Å². The minimum Gasteiger partial charge on any atom is -0.381 e. The van der Waals surface area contributed by atoms with Crippen molar-refractivity contribution >= 4 is 35.3 Å². The van der Waals surface area contributed by atoms with E-state index in [1.165, 1.54) is 51.9 Å². The van der Waals surface area contributed by atoms with Gasteiger partial charge in [0.1, 0.15) is 23.7 Å². The number of benzene rings is 2. The van der Waals surface area contributed by atoms with Crippen molar-refractivity contribution in [3.63, 3.8) is 0 Å². The first-order valence-corrected chi connectivity index (χ1v) is 16.2. The van der Waals surface area contributed by atoms with Crippen molar-refractivity contribution in [1.82, 2.24) is 20.0 Å². The van der Waals surface area contributed by atoms with Gasteiger partial charge >= 0.3 is 6.18 Å². The number of fused-ring (bicyclic) bond motifs is 1. The number of alkyl halides is 3. The molecule has 2 aromatic carbocycles. The molecule has 0 aliphatic carbocycles. The predicted molar refractivity (Wildman–Crippen MR) is 163 cm³/mol. The second-order valence-corrected chi connectivity index (χ2v) is 12.4. The summed E-state index contributed by atoms with van der Waals surface area (Å²) in [6.45, 7) is 2.69. The zero-order valence-electron chi connectivity index (χ0n) is 25.2. The standard InChI is InChI=1S/C32H30F4N6O4S/c1-2-40-29-25(27(31(45)41-17-47-16-23(41)15-37)39-42(29)22-10-12-46-13-11-22)24(18-6-8-21(33)9-7-18)26(30(40)44)38-28(43)19-4-3-5-20(14-19)32(34,35)36/h3-9,14,22-24,26H,2,10-13,16-17H2,1H3,(H,38,43)/t23?,24-,26-/m0/s1. The number of amides is 3. The zero-order chi connectivity index (χ0) is 33.5. The molecule has 3 aromatic rings. The van der Waals surface area contributed by atoms with Crippen molar-refractivity contribution in [2.45, 2.75) is 50.0 Å². The van der Waals surface area contributed by atoms with Gasteiger partial charge in [0.2, 0.25) is 0 Å². The van der Waals surface area contributed by atoms with Crippen LogP contribution in [0.3, 0.4) is 0 Å². The molecule has 2 saturated heterocycles. The first-order valence-electron chi connectivity index (χ1n) is 15.1. The van der Waals surface area contributed by atoms with E-state index in [-0.39, 0.29) is 29.7 Å². The number of rotatable bonds is 6. The fraction of sp³-hybridized carbons (Fsp3) is 0.406. The van der Waals surface area contributed by atoms with Crippen LogP contribution in [-0.2, 0) is 15.7 Å². The number of thioether (sulfide) groups is 1. The molecule has 1 N–H and O–H groups in total. The topological polar surface area (TPSA) is 121 Å². The summed E-state index contributed by atoms with van der Waals surface area (Å²) in [7, 11) is 0. The van der Waals surface area contributed by atoms with Crippen LogP contribution < -0.4 is 10.2 Å². The quantitative estimate of drug-likeness (QED) is 0.377. The number of hydrogen-bond acceptors (Lipinski definition) is 7. The van der Waals surface area contributed by atoms with Crippen LogP contribution in [0.25, 0.3) is 0 Å². The predicted octanol–water partition coefficient (Wildman–Crippen LogP) is 4.73. The maximum absolute atomic E-state index is 14.4. The molecule has 6 rings (SSSR count). The molecule has 3 atom stereocenters. The number of aromatic nitrogens is 2. The Balaban J connectivity index is 1.54. The number of carbonyl (C=O) groups is 3. The Morgan fingerprint density at radius 1 is 1.15 bits per heavy atom. The van der Waals surface area contributed by atoms with Crippen molar-refractivity contribution in [2.24, 2.45) is 0 Å². The molecule has 47 heavy (non-hydrogen) atoms. The van der Waals surface area contributed by atoms with Crippen molar-refractivity contribution in [3.05, 3.63) is 82.3 Å². The third kappa shape index (κ3) is 6.07. The Labute approximate surface area is 271 Å². The molecule has 3 aliphatic heterocycles. The number of hydrogen-bond donors (Lipinski definition) is 1. The van der Waals surface area contributed by atoms with Crippen LogP contribution in [0.15, 0.2) is 48.5 Å². The van der Waals surface area contributed by atoms with Gasteiger partial charge in [0.05, 0.1) is 23.6 Å². The van der Waals surface area contributed by atoms with Gasteiger partial charge in [-0.25, -0.2) is 9.07 Å². The number of nitrogens with one attached hydrogen (secondary N) is 1. The maximum Gasteiger partial charge on any atom is 0.416 e. The zero-order valence-corrected chi connectivity index (χ0v) is 26.0. The molecular formula is C32H30F4N6O4S. The fourth-order valence-corrected chi connectivity index (χ4v) is 7.42. The fourth-order valence-electron chi connectivity index (χ4n) is 6.34. The Morgan fingerprint density at radius 2 is 1.87 bits per heavy atom. The summed E-state index contributed by atoms with van der Waals surface area (Å²) >= 11 is 1.41. The van der Waals surface area contributed by atoms with Gasteiger partial charge in [-0.1, -0.05) is 18.2 Å². The number of halogens is 4. The van der Waals surface area contributed by atoms with Gasteiger partial charge in [0.15, 0.2) is 5.69 Å². The highest BCUT2D eigenvalue weighted by Crippen LogP contribution is 2.45. The van der Waals surface area contributed by atoms with Crippen LogP contribution in [0.1, 0.15) is 69.3 Å². The third-order valence-corrected chi connectivity index (χ3v) is 9.68. The minimum absolute atomic E-state index is 0.0205. The van der Waals surface area contributed by atoms with Gasteiger partial charge < -0.3 is 15.0 Å². The number of likely N-dealkylation sites (N-methyl/N-ethyl adjacent to an activating group) is 1. The van der Waals surface area contributed by atoms with Crippen molar-refractivity contribution < 1.29 is 36.7 Å². The molecule has 1 aromatic heterocycles. The summed E-state index contributed by atoms with van der Waals surface area (Å²) in [4.78, 5) is 45.1. The molecule has 15 heteroatoms. The number of anilines is 1. The highest BCUT2D eigenvalue weighted by atomic mass is 32.2. The van der Waals surface area contributed by atoms with Crippen LogP contribution in [0, 0.1) is 17.1 Å². The van der Waals surface area contributed by atoms with Gasteiger partial charge in [-0.3, -0.25) is 19.3 Å². The largest absolute Gasteiger partial charge is 0.416 e. The normalized spacial score (nSPS) is 21.8. The summed E-state index contributed by atoms with van der Waals surface area (Å²) in [5, 5.41) is 17.2. The molecular weight excluding hydrogens is 640 g/mol. The van der Waals surface area contributed by atoms with Crippen LogP contribution in [0.2, 0.25) is 0 Å². The van der Waals surface area contributed by atoms with Gasteiger partial charge in [-0.05, 0) is 55.7 Å². The summed E-state index contributed by atoms with van der Waals surface area (Å²) < 4.78 is 61.9. The van der Waals surface area contributed by atoms with E-state index in [9.17, 15) is 37.2 Å². The van der Waals surface area contributed by atoms with Crippen LogP contribution in [0.5, 0.6) is 0 Å². The molecule has 0 saturated carbocycles. The molecule has 0 spiro atoms. The lowest BCUT2D eigenvalue weighted by molar-refractivity contribution is -0.137. The lowest BCUT2D eigenvalue weighted by Gasteiger charge is -2.39. The van der Waals surface area contributed by atoms with Gasteiger partial charge in [-0.2, -0.15) is 23.5 Å². The van der Waals surface area contributed by atoms with Crippen molar-refractivity contribution in [2.75, 3.05) is 36.3 Å².